The summed E-state index contributed by atoms with van der Waals surface area (Å²) in [5, 5.41) is 4.42. The zero-order valence-corrected chi connectivity index (χ0v) is 12.0. The summed E-state index contributed by atoms with van der Waals surface area (Å²) in [6.07, 6.45) is 1.96. The van der Waals surface area contributed by atoms with Gasteiger partial charge in [0.15, 0.2) is 0 Å². The molecule has 0 bridgehead atoms. The van der Waals surface area contributed by atoms with Crippen LogP contribution in [0.4, 0.5) is 5.69 Å². The quantitative estimate of drug-likeness (QED) is 0.881. The van der Waals surface area contributed by atoms with E-state index in [9.17, 15) is 0 Å². The van der Waals surface area contributed by atoms with Gasteiger partial charge in [0.05, 0.1) is 10.2 Å². The smallest absolute Gasteiger partial charge is 0.136 e. The van der Waals surface area contributed by atoms with Gasteiger partial charge in [-0.25, -0.2) is 0 Å². The van der Waals surface area contributed by atoms with Crippen LogP contribution in [0.1, 0.15) is 25.6 Å². The number of halogens is 1. The van der Waals surface area contributed by atoms with E-state index < -0.39 is 0 Å². The van der Waals surface area contributed by atoms with E-state index in [0.29, 0.717) is 18.3 Å². The van der Waals surface area contributed by atoms with Gasteiger partial charge in [-0.05, 0) is 48.0 Å². The third-order valence-corrected chi connectivity index (χ3v) is 3.41. The van der Waals surface area contributed by atoms with Gasteiger partial charge in [-0.3, -0.25) is 4.68 Å². The lowest BCUT2D eigenvalue weighted by molar-refractivity contribution is 0.297. The Labute approximate surface area is 115 Å². The molecule has 18 heavy (non-hydrogen) atoms. The summed E-state index contributed by atoms with van der Waals surface area (Å²) in [5.74, 6) is 0.731. The van der Waals surface area contributed by atoms with Crippen molar-refractivity contribution in [3.63, 3.8) is 0 Å². The van der Waals surface area contributed by atoms with Crippen LogP contribution in [0.25, 0.3) is 0 Å². The van der Waals surface area contributed by atoms with Crippen molar-refractivity contribution in [1.82, 2.24) is 9.78 Å². The molecule has 0 atom stereocenters. The van der Waals surface area contributed by atoms with Crippen LogP contribution in [0, 0.1) is 0 Å². The number of ether oxygens (including phenoxy) is 1. The zero-order valence-electron chi connectivity index (χ0n) is 10.4. The van der Waals surface area contributed by atoms with Gasteiger partial charge in [0.25, 0.3) is 0 Å². The first-order valence-corrected chi connectivity index (χ1v) is 6.58. The monoisotopic (exact) mass is 309 g/mol. The van der Waals surface area contributed by atoms with Crippen LogP contribution in [0.15, 0.2) is 34.9 Å². The summed E-state index contributed by atoms with van der Waals surface area (Å²) in [7, 11) is 0. The van der Waals surface area contributed by atoms with Gasteiger partial charge < -0.3 is 10.5 Å². The summed E-state index contributed by atoms with van der Waals surface area (Å²) in [4.78, 5) is 0. The van der Waals surface area contributed by atoms with Crippen LogP contribution in [0.2, 0.25) is 0 Å². The molecule has 2 N–H and O–H groups in total. The second-order valence-electron chi connectivity index (χ2n) is 4.33. The number of rotatable bonds is 4. The zero-order chi connectivity index (χ0) is 13.1. The van der Waals surface area contributed by atoms with E-state index in [-0.39, 0.29) is 0 Å². The molecule has 1 aromatic carbocycles. The van der Waals surface area contributed by atoms with Crippen molar-refractivity contribution < 1.29 is 4.74 Å². The van der Waals surface area contributed by atoms with Gasteiger partial charge in [-0.2, -0.15) is 5.10 Å². The van der Waals surface area contributed by atoms with Gasteiger partial charge >= 0.3 is 0 Å². The molecule has 0 aliphatic heterocycles. The summed E-state index contributed by atoms with van der Waals surface area (Å²) in [6, 6.07) is 7.88. The first kappa shape index (κ1) is 13.0. The van der Waals surface area contributed by atoms with Crippen LogP contribution in [0.5, 0.6) is 5.75 Å². The maximum absolute atomic E-state index is 5.79. The average Bonchev–Trinajstić information content (AvgIpc) is 2.80. The van der Waals surface area contributed by atoms with Gasteiger partial charge in [0.1, 0.15) is 12.4 Å². The molecule has 2 aromatic rings. The van der Waals surface area contributed by atoms with Crippen molar-refractivity contribution in [1.29, 1.82) is 0 Å². The Morgan fingerprint density at radius 3 is 2.83 bits per heavy atom. The number of hydrogen-bond donors (Lipinski definition) is 1. The van der Waals surface area contributed by atoms with Crippen LogP contribution < -0.4 is 10.5 Å². The van der Waals surface area contributed by atoms with E-state index >= 15 is 0 Å². The number of nitrogens with zero attached hydrogens (tertiary/aromatic N) is 2. The van der Waals surface area contributed by atoms with Crippen LogP contribution in [0.3, 0.4) is 0 Å². The van der Waals surface area contributed by atoms with Crippen molar-refractivity contribution in [3.05, 3.63) is 40.6 Å². The highest BCUT2D eigenvalue weighted by molar-refractivity contribution is 9.10. The lowest BCUT2D eigenvalue weighted by Gasteiger charge is -2.08. The summed E-state index contributed by atoms with van der Waals surface area (Å²) < 4.78 is 8.39. The van der Waals surface area contributed by atoms with Gasteiger partial charge in [0.2, 0.25) is 0 Å². The average molecular weight is 310 g/mol. The number of aromatic nitrogens is 2. The molecule has 0 spiro atoms. The van der Waals surface area contributed by atoms with E-state index in [1.54, 1.807) is 0 Å². The lowest BCUT2D eigenvalue weighted by atomic mass is 10.3. The van der Waals surface area contributed by atoms with Crippen molar-refractivity contribution in [2.45, 2.75) is 26.5 Å². The van der Waals surface area contributed by atoms with Crippen LogP contribution in [-0.2, 0) is 6.61 Å². The highest BCUT2D eigenvalue weighted by Crippen LogP contribution is 2.30. The first-order chi connectivity index (χ1) is 8.58. The predicted molar refractivity (Wildman–Crippen MR) is 75.5 cm³/mol. The van der Waals surface area contributed by atoms with Gasteiger partial charge in [-0.1, -0.05) is 6.07 Å². The molecule has 0 saturated carbocycles. The fraction of sp³-hybridized carbons (Fsp3) is 0.308. The topological polar surface area (TPSA) is 53.1 Å². The van der Waals surface area contributed by atoms with E-state index in [1.807, 2.05) is 35.1 Å². The molecule has 0 amide bonds. The molecule has 2 rings (SSSR count). The van der Waals surface area contributed by atoms with E-state index in [2.05, 4.69) is 34.9 Å². The van der Waals surface area contributed by atoms with Gasteiger partial charge in [-0.15, -0.1) is 0 Å². The normalized spacial score (nSPS) is 10.9. The Morgan fingerprint density at radius 2 is 2.17 bits per heavy atom. The molecule has 0 aliphatic carbocycles. The highest BCUT2D eigenvalue weighted by atomic mass is 79.9. The maximum atomic E-state index is 5.79. The minimum Gasteiger partial charge on any atom is -0.486 e. The number of nitrogens with two attached hydrogens (primary N) is 1. The van der Waals surface area contributed by atoms with E-state index in [1.165, 1.54) is 0 Å². The molecular formula is C13H16BrN3O. The van der Waals surface area contributed by atoms with Gasteiger partial charge in [0, 0.05) is 17.9 Å². The first-order valence-electron chi connectivity index (χ1n) is 5.78. The largest absolute Gasteiger partial charge is 0.486 e. The minimum atomic E-state index is 0.359. The van der Waals surface area contributed by atoms with Crippen molar-refractivity contribution >= 4 is 21.6 Å². The molecule has 1 heterocycles. The Hall–Kier alpha value is -1.49. The van der Waals surface area contributed by atoms with Crippen molar-refractivity contribution in [2.24, 2.45) is 0 Å². The number of anilines is 1. The third-order valence-electron chi connectivity index (χ3n) is 2.56. The second-order valence-corrected chi connectivity index (χ2v) is 5.12. The molecular weight excluding hydrogens is 294 g/mol. The fourth-order valence-electron chi connectivity index (χ4n) is 1.53. The van der Waals surface area contributed by atoms with Crippen molar-refractivity contribution in [2.75, 3.05) is 5.73 Å². The summed E-state index contributed by atoms with van der Waals surface area (Å²) in [5.41, 5.74) is 7.35. The predicted octanol–water partition coefficient (Wildman–Crippen LogP) is 3.39. The lowest BCUT2D eigenvalue weighted by Crippen LogP contribution is -2.03. The Balaban J connectivity index is 2.04. The number of benzene rings is 1. The Kier molecular flexibility index (Phi) is 3.91. The Bertz CT molecular complexity index is 537. The van der Waals surface area contributed by atoms with E-state index in [4.69, 9.17) is 10.5 Å². The molecule has 0 aliphatic rings. The molecule has 0 unspecified atom stereocenters. The molecule has 0 fully saturated rings. The summed E-state index contributed by atoms with van der Waals surface area (Å²) >= 11 is 3.41. The highest BCUT2D eigenvalue weighted by Gasteiger charge is 2.06. The molecule has 96 valence electrons. The number of nitrogen functional groups attached to an aromatic ring is 1. The Morgan fingerprint density at radius 1 is 1.39 bits per heavy atom. The molecule has 5 heteroatoms. The fourth-order valence-corrected chi connectivity index (χ4v) is 1.91. The van der Waals surface area contributed by atoms with E-state index in [0.717, 1.165) is 15.9 Å². The summed E-state index contributed by atoms with van der Waals surface area (Å²) in [6.45, 7) is 4.61. The molecule has 1 aromatic heterocycles. The SMILES string of the molecule is CC(C)n1ccc(COc2cccc(N)c2Br)n1. The van der Waals surface area contributed by atoms with Crippen LogP contribution >= 0.6 is 15.9 Å². The maximum Gasteiger partial charge on any atom is 0.136 e. The molecule has 0 saturated heterocycles. The molecule has 0 radical (unpaired) electrons. The molecule has 4 nitrogen and oxygen atoms in total. The van der Waals surface area contributed by atoms with Crippen LogP contribution in [-0.4, -0.2) is 9.78 Å². The minimum absolute atomic E-state index is 0.359. The number of hydrogen-bond acceptors (Lipinski definition) is 3. The second kappa shape index (κ2) is 5.44. The van der Waals surface area contributed by atoms with Crippen molar-refractivity contribution in [3.8, 4) is 5.75 Å². The standard InChI is InChI=1S/C13H16BrN3O/c1-9(2)17-7-6-10(16-17)8-18-12-5-3-4-11(15)13(12)14/h3-7,9H,8,15H2,1-2H3. The third kappa shape index (κ3) is 2.85.